The second kappa shape index (κ2) is 9.96. The molecule has 0 saturated carbocycles. The second-order valence-electron chi connectivity index (χ2n) is 8.37. The molecule has 0 radical (unpaired) electrons. The fourth-order valence-corrected chi connectivity index (χ4v) is 4.91. The summed E-state index contributed by atoms with van der Waals surface area (Å²) in [6.07, 6.45) is 0. The molecule has 5 aromatic carbocycles. The smallest absolute Gasteiger partial charge is 0.294 e. The van der Waals surface area contributed by atoms with Crippen LogP contribution in [0.1, 0.15) is 0 Å². The van der Waals surface area contributed by atoms with Crippen LogP contribution in [-0.4, -0.2) is 25.9 Å². The van der Waals surface area contributed by atoms with Gasteiger partial charge in [0.2, 0.25) is 0 Å². The van der Waals surface area contributed by atoms with E-state index in [0.717, 1.165) is 10.8 Å². The Labute approximate surface area is 222 Å². The Morgan fingerprint density at radius 1 is 0.513 bits per heavy atom. The molecule has 0 heterocycles. The lowest BCUT2D eigenvalue weighted by molar-refractivity contribution is 0.481. The maximum Gasteiger partial charge on any atom is 0.294 e. The van der Waals surface area contributed by atoms with Crippen molar-refractivity contribution in [2.75, 3.05) is 5.73 Å². The molecule has 0 aliphatic carbocycles. The first kappa shape index (κ1) is 26.1. The van der Waals surface area contributed by atoms with Gasteiger partial charge < -0.3 is 5.73 Å². The highest BCUT2D eigenvalue weighted by atomic mass is 32.2. The summed E-state index contributed by atoms with van der Waals surface area (Å²) in [5.74, 6) is 0. The van der Waals surface area contributed by atoms with Crippen LogP contribution in [0.5, 0.6) is 0 Å². The van der Waals surface area contributed by atoms with Gasteiger partial charge in [-0.25, -0.2) is 0 Å². The quantitative estimate of drug-likeness (QED) is 0.114. The highest BCUT2D eigenvalue weighted by Gasteiger charge is 2.13. The molecule has 39 heavy (non-hydrogen) atoms. The van der Waals surface area contributed by atoms with Crippen molar-refractivity contribution >= 4 is 70.2 Å². The highest BCUT2D eigenvalue weighted by molar-refractivity contribution is 7.86. The van der Waals surface area contributed by atoms with E-state index >= 15 is 0 Å². The minimum Gasteiger partial charge on any atom is -0.398 e. The fraction of sp³-hybridized carbons (Fsp3) is 0. The number of nitrogens with zero attached hydrogens (tertiary/aromatic N) is 4. The molecule has 5 rings (SSSR count). The molecule has 0 saturated heterocycles. The van der Waals surface area contributed by atoms with Crippen molar-refractivity contribution in [2.45, 2.75) is 9.79 Å². The van der Waals surface area contributed by atoms with Crippen LogP contribution in [-0.2, 0) is 20.2 Å². The van der Waals surface area contributed by atoms with Crippen LogP contribution in [0.25, 0.3) is 21.5 Å². The van der Waals surface area contributed by atoms with E-state index < -0.39 is 20.2 Å². The number of nitrogens with two attached hydrogens (primary N) is 1. The van der Waals surface area contributed by atoms with Crippen LogP contribution in [0.15, 0.2) is 121 Å². The van der Waals surface area contributed by atoms with Crippen molar-refractivity contribution in [3.8, 4) is 0 Å². The predicted octanol–water partition coefficient (Wildman–Crippen LogP) is 6.90. The molecule has 0 bridgehead atoms. The van der Waals surface area contributed by atoms with Gasteiger partial charge in [-0.1, -0.05) is 30.3 Å². The zero-order chi connectivity index (χ0) is 27.8. The van der Waals surface area contributed by atoms with Crippen molar-refractivity contribution in [3.63, 3.8) is 0 Å². The van der Waals surface area contributed by atoms with E-state index in [1.807, 2.05) is 24.3 Å². The first-order valence-electron chi connectivity index (χ1n) is 11.2. The predicted molar refractivity (Wildman–Crippen MR) is 147 cm³/mol. The van der Waals surface area contributed by atoms with Gasteiger partial charge in [0.1, 0.15) is 0 Å². The third kappa shape index (κ3) is 5.51. The molecular formula is C26H19N5O6S2. The van der Waals surface area contributed by atoms with E-state index in [9.17, 15) is 21.4 Å². The topological polar surface area (TPSA) is 184 Å². The molecule has 11 nitrogen and oxygen atoms in total. The first-order chi connectivity index (χ1) is 18.5. The van der Waals surface area contributed by atoms with Crippen molar-refractivity contribution in [1.29, 1.82) is 0 Å². The SMILES string of the molecule is Nc1ccc(/N=N/c2ccc(/N=N/c3ccc(S(=O)(=O)O)cc3)c3ccccc23)c2ccc(S(=O)(=O)O)cc12. The van der Waals surface area contributed by atoms with E-state index in [0.29, 0.717) is 39.2 Å². The highest BCUT2D eigenvalue weighted by Crippen LogP contribution is 2.37. The third-order valence-corrected chi connectivity index (χ3v) is 7.57. The normalized spacial score (nSPS) is 12.7. The van der Waals surface area contributed by atoms with Gasteiger partial charge in [0.05, 0.1) is 32.5 Å². The number of hydrogen-bond donors (Lipinski definition) is 3. The average molecular weight is 562 g/mol. The van der Waals surface area contributed by atoms with Crippen LogP contribution in [0.3, 0.4) is 0 Å². The van der Waals surface area contributed by atoms with Crippen LogP contribution in [0.2, 0.25) is 0 Å². The summed E-state index contributed by atoms with van der Waals surface area (Å²) in [6.45, 7) is 0. The number of benzene rings is 5. The van der Waals surface area contributed by atoms with Crippen molar-refractivity contribution < 1.29 is 25.9 Å². The zero-order valence-electron chi connectivity index (χ0n) is 19.9. The van der Waals surface area contributed by atoms with Crippen molar-refractivity contribution in [2.24, 2.45) is 20.5 Å². The van der Waals surface area contributed by atoms with Crippen molar-refractivity contribution in [1.82, 2.24) is 0 Å². The molecule has 4 N–H and O–H groups in total. The molecule has 5 aromatic rings. The maximum absolute atomic E-state index is 11.5. The Morgan fingerprint density at radius 2 is 0.974 bits per heavy atom. The Morgan fingerprint density at radius 3 is 1.51 bits per heavy atom. The number of nitrogen functional groups attached to an aromatic ring is 1. The largest absolute Gasteiger partial charge is 0.398 e. The standard InChI is InChI=1S/C26H19N5O6S2/c27-23-11-12-24(21-10-9-18(15-22(21)23)39(35,36)37)30-31-26-14-13-25(19-3-1-2-4-20(19)26)29-28-16-5-7-17(8-6-16)38(32,33)34/h1-15H,27H2,(H,32,33,34)(H,35,36,37)/b29-28+,31-30+. The van der Waals surface area contributed by atoms with Gasteiger partial charge >= 0.3 is 0 Å². The van der Waals surface area contributed by atoms with E-state index in [4.69, 9.17) is 10.3 Å². The van der Waals surface area contributed by atoms with Crippen LogP contribution in [0, 0.1) is 0 Å². The molecule has 0 aliphatic rings. The number of hydrogen-bond acceptors (Lipinski definition) is 9. The third-order valence-electron chi connectivity index (χ3n) is 5.85. The summed E-state index contributed by atoms with van der Waals surface area (Å²) < 4.78 is 64.0. The van der Waals surface area contributed by atoms with Gasteiger partial charge in [-0.3, -0.25) is 9.11 Å². The van der Waals surface area contributed by atoms with Gasteiger partial charge in [0, 0.05) is 27.2 Å². The molecule has 0 aromatic heterocycles. The van der Waals surface area contributed by atoms with Gasteiger partial charge in [-0.15, -0.1) is 15.3 Å². The minimum atomic E-state index is -4.40. The molecule has 0 atom stereocenters. The van der Waals surface area contributed by atoms with Crippen LogP contribution in [0.4, 0.5) is 28.4 Å². The summed E-state index contributed by atoms with van der Waals surface area (Å²) in [6, 6.07) is 23.4. The lowest BCUT2D eigenvalue weighted by atomic mass is 10.1. The van der Waals surface area contributed by atoms with Crippen LogP contribution >= 0.6 is 0 Å². The molecule has 0 fully saturated rings. The maximum atomic E-state index is 11.5. The molecule has 0 unspecified atom stereocenters. The molecule has 0 spiro atoms. The number of fused-ring (bicyclic) bond motifs is 2. The van der Waals surface area contributed by atoms with Gasteiger partial charge in [0.25, 0.3) is 20.2 Å². The van der Waals surface area contributed by atoms with E-state index in [1.165, 1.54) is 42.5 Å². The molecule has 13 heteroatoms. The second-order valence-corrected chi connectivity index (χ2v) is 11.2. The zero-order valence-corrected chi connectivity index (χ0v) is 21.5. The Kier molecular flexibility index (Phi) is 6.66. The number of rotatable bonds is 6. The van der Waals surface area contributed by atoms with Crippen LogP contribution < -0.4 is 5.73 Å². The molecule has 0 aliphatic heterocycles. The summed E-state index contributed by atoms with van der Waals surface area (Å²) in [5, 5.41) is 19.7. The van der Waals surface area contributed by atoms with Crippen molar-refractivity contribution in [3.05, 3.63) is 91.0 Å². The molecule has 0 amide bonds. The Balaban J connectivity index is 1.50. The van der Waals surface area contributed by atoms with E-state index in [-0.39, 0.29) is 9.79 Å². The lowest BCUT2D eigenvalue weighted by Crippen LogP contribution is -1.98. The van der Waals surface area contributed by atoms with Gasteiger partial charge in [-0.05, 0) is 60.7 Å². The Hall–Kier alpha value is -4.56. The van der Waals surface area contributed by atoms with E-state index in [1.54, 1.807) is 24.3 Å². The number of azo groups is 2. The molecular weight excluding hydrogens is 542 g/mol. The number of anilines is 1. The molecule has 196 valence electrons. The fourth-order valence-electron chi connectivity index (χ4n) is 3.93. The average Bonchev–Trinajstić information content (AvgIpc) is 2.91. The summed E-state index contributed by atoms with van der Waals surface area (Å²) in [7, 11) is -8.70. The monoisotopic (exact) mass is 561 g/mol. The summed E-state index contributed by atoms with van der Waals surface area (Å²) in [5.41, 5.74) is 8.27. The van der Waals surface area contributed by atoms with Gasteiger partial charge in [0.15, 0.2) is 0 Å². The van der Waals surface area contributed by atoms with Gasteiger partial charge in [-0.2, -0.15) is 21.9 Å². The lowest BCUT2D eigenvalue weighted by Gasteiger charge is -2.07. The summed E-state index contributed by atoms with van der Waals surface area (Å²) >= 11 is 0. The first-order valence-corrected chi connectivity index (χ1v) is 14.1. The minimum absolute atomic E-state index is 0.241. The summed E-state index contributed by atoms with van der Waals surface area (Å²) in [4.78, 5) is -0.518. The van der Waals surface area contributed by atoms with E-state index in [2.05, 4.69) is 20.5 Å². The Bertz CT molecular complexity index is 2020.